The van der Waals surface area contributed by atoms with Crippen LogP contribution in [0, 0.1) is 75.0 Å². The highest BCUT2D eigenvalue weighted by Gasteiger charge is 2.42. The number of aryl methyl sites for hydroxylation is 4. The lowest BCUT2D eigenvalue weighted by molar-refractivity contribution is 0.0817. The number of phenols is 2. The van der Waals surface area contributed by atoms with E-state index in [0.29, 0.717) is 106 Å². The standard InChI is InChI=1S/C68H86N8O10S10/c1-29-13-41-57(77)42(14-29)62(80)70-50-26-54(38(10)22-34(50)6)74-66(84)46-18-32(4)20-48-60(46)88-90-92-94-96-95-93-91-89-87-59-45(65(83)73-53-25-49(69-61(41)79)33(5)21-37(53)9)17-31(3)19-47(59)67(85)75-55-27-51(35(7)23-39(55)11)71-63(81)43-15-30(2)16-44(58(43)78)64(82)72-52-28-56(76-68(48)86)40(12)24-36(52)8/h13-20,33-40,49-56,77-78H,21-28H2,1-12H3,(H,69,79)(H,70,80)(H,71,81)(H,72,82)(H,73,83)(H,74,84)(H,75,85)(H,76,86). The molecule has 4 aromatic carbocycles. The first-order valence-electron chi connectivity index (χ1n) is 32.7. The molecule has 0 radical (unpaired) electrons. The van der Waals surface area contributed by atoms with Crippen molar-refractivity contribution in [3.8, 4) is 11.5 Å². The summed E-state index contributed by atoms with van der Waals surface area (Å²) in [6, 6.07) is 9.96. The third kappa shape index (κ3) is 17.5. The lowest BCUT2D eigenvalue weighted by Crippen LogP contribution is -2.53. The molecule has 0 aromatic heterocycles. The Morgan fingerprint density at radius 2 is 0.417 bits per heavy atom. The summed E-state index contributed by atoms with van der Waals surface area (Å²) in [6.07, 6.45) is 4.02. The first-order valence-corrected chi connectivity index (χ1v) is 45.6. The van der Waals surface area contributed by atoms with Crippen LogP contribution in [0.3, 0.4) is 0 Å². The highest BCUT2D eigenvalue weighted by Crippen LogP contribution is 2.62. The minimum absolute atomic E-state index is 0.0143. The van der Waals surface area contributed by atoms with Crippen molar-refractivity contribution in [3.05, 3.63) is 115 Å². The molecule has 4 saturated carbocycles. The van der Waals surface area contributed by atoms with Gasteiger partial charge in [-0.3, -0.25) is 38.4 Å². The molecule has 16 unspecified atom stereocenters. The van der Waals surface area contributed by atoms with Crippen LogP contribution in [0.2, 0.25) is 0 Å². The molecule has 2 heterocycles. The van der Waals surface area contributed by atoms with Crippen LogP contribution in [-0.2, 0) is 0 Å². The summed E-state index contributed by atoms with van der Waals surface area (Å²) >= 11 is 0. The minimum atomic E-state index is -0.567. The molecule has 0 spiro atoms. The molecule has 16 atom stereocenters. The van der Waals surface area contributed by atoms with E-state index in [2.05, 4.69) is 70.2 Å². The third-order valence-electron chi connectivity index (χ3n) is 20.4. The predicted molar refractivity (Wildman–Crippen MR) is 401 cm³/mol. The van der Waals surface area contributed by atoms with Crippen molar-refractivity contribution in [2.45, 2.75) is 193 Å². The van der Waals surface area contributed by atoms with Crippen molar-refractivity contribution >= 4 is 147 Å². The van der Waals surface area contributed by atoms with E-state index >= 15 is 19.2 Å². The number of nitrogens with one attached hydrogen (secondary N) is 8. The molecular weight excluding hydrogens is 1410 g/mol. The summed E-state index contributed by atoms with van der Waals surface area (Å²) in [7, 11) is 14.5. The summed E-state index contributed by atoms with van der Waals surface area (Å²) < 4.78 is 0. The maximum Gasteiger partial charge on any atom is 0.255 e. The van der Waals surface area contributed by atoms with Crippen molar-refractivity contribution in [1.29, 1.82) is 0 Å². The highest BCUT2D eigenvalue weighted by molar-refractivity contribution is 9.52. The Kier molecular flexibility index (Phi) is 25.3. The third-order valence-corrected chi connectivity index (χ3v) is 39.9. The van der Waals surface area contributed by atoms with E-state index in [1.807, 2.05) is 41.5 Å². The Morgan fingerprint density at radius 1 is 0.260 bits per heavy atom. The summed E-state index contributed by atoms with van der Waals surface area (Å²) in [5.41, 5.74) is 3.51. The minimum Gasteiger partial charge on any atom is -0.506 e. The zero-order valence-electron chi connectivity index (χ0n) is 55.8. The number of benzene rings is 4. The number of aromatic hydroxyl groups is 2. The summed E-state index contributed by atoms with van der Waals surface area (Å²) in [4.78, 5) is 119. The van der Waals surface area contributed by atoms with Gasteiger partial charge in [-0.2, -0.15) is 0 Å². The first-order chi connectivity index (χ1) is 45.6. The molecule has 96 heavy (non-hydrogen) atoms. The van der Waals surface area contributed by atoms with Crippen LogP contribution in [0.25, 0.3) is 0 Å². The fraction of sp³-hybridized carbons (Fsp3) is 0.529. The van der Waals surface area contributed by atoms with Crippen molar-refractivity contribution in [2.75, 3.05) is 0 Å². The molecule has 14 bridgehead atoms. The monoisotopic (exact) mass is 1490 g/mol. The summed E-state index contributed by atoms with van der Waals surface area (Å²) in [5, 5.41) is 49.8. The normalized spacial score (nSPS) is 31.1. The van der Waals surface area contributed by atoms with Crippen LogP contribution in [0.4, 0.5) is 0 Å². The maximum atomic E-state index is 15.1. The molecule has 2 aliphatic heterocycles. The second-order valence-electron chi connectivity index (χ2n) is 27.9. The smallest absolute Gasteiger partial charge is 0.255 e. The van der Waals surface area contributed by atoms with Gasteiger partial charge >= 0.3 is 0 Å². The van der Waals surface area contributed by atoms with Crippen molar-refractivity contribution in [3.63, 3.8) is 0 Å². The van der Waals surface area contributed by atoms with E-state index in [4.69, 9.17) is 0 Å². The number of carbonyl (C=O) groups is 8. The molecule has 0 saturated heterocycles. The van der Waals surface area contributed by atoms with Crippen LogP contribution >= 0.6 is 100 Å². The van der Waals surface area contributed by atoms with Gasteiger partial charge in [-0.15, -0.1) is 0 Å². The van der Waals surface area contributed by atoms with E-state index in [9.17, 15) is 29.4 Å². The van der Waals surface area contributed by atoms with Crippen molar-refractivity contribution < 1.29 is 48.6 Å². The number of hydrogen-bond donors (Lipinski definition) is 10. The Labute approximate surface area is 600 Å². The average Bonchev–Trinajstić information content (AvgIpc) is 0.805. The van der Waals surface area contributed by atoms with E-state index < -0.39 is 83.5 Å². The fourth-order valence-corrected chi connectivity index (χ4v) is 37.5. The van der Waals surface area contributed by atoms with Gasteiger partial charge in [-0.1, -0.05) is 55.4 Å². The van der Waals surface area contributed by atoms with Crippen molar-refractivity contribution in [2.24, 2.45) is 47.3 Å². The maximum absolute atomic E-state index is 15.1. The van der Waals surface area contributed by atoms with Gasteiger partial charge in [0.25, 0.3) is 47.3 Å². The van der Waals surface area contributed by atoms with Gasteiger partial charge in [-0.25, -0.2) is 0 Å². The van der Waals surface area contributed by atoms with E-state index in [1.54, 1.807) is 62.4 Å². The SMILES string of the molecule is Cc1cc2c(O)c(c1)C(=O)NC1CC(NC(=O)c3cc(C)cc4c3SSSSSSSSSSc3c(cc(C)cc3C(=O)NC3CC(NC(=O)c5cc(C)cc(c5O)C(=O)NC5CC(NC4=O)C(C)CC5C)C(C)CC3C)C(=O)NC3CC(NC2=O)C(C)CC3C)C(C)CC1C. The van der Waals surface area contributed by atoms with Gasteiger partial charge in [0, 0.05) is 58.1 Å². The van der Waals surface area contributed by atoms with Crippen LogP contribution < -0.4 is 42.5 Å². The van der Waals surface area contributed by atoms with Gasteiger partial charge in [0.05, 0.1) is 44.5 Å². The van der Waals surface area contributed by atoms with Crippen LogP contribution in [0.5, 0.6) is 11.5 Å². The van der Waals surface area contributed by atoms with E-state index in [0.717, 1.165) is 0 Å². The van der Waals surface area contributed by atoms with Gasteiger partial charge in [-0.05, 0) is 297 Å². The van der Waals surface area contributed by atoms with Crippen molar-refractivity contribution in [1.82, 2.24) is 42.5 Å². The molecule has 4 fully saturated rings. The summed E-state index contributed by atoms with van der Waals surface area (Å²) in [6.45, 7) is 23.6. The lowest BCUT2D eigenvalue weighted by atomic mass is 9.76. The zero-order valence-corrected chi connectivity index (χ0v) is 63.9. The highest BCUT2D eigenvalue weighted by atomic mass is 34.0. The second-order valence-corrected chi connectivity index (χ2v) is 44.2. The molecule has 518 valence electrons. The zero-order chi connectivity index (χ0) is 69.1. The topological polar surface area (TPSA) is 273 Å². The second kappa shape index (κ2) is 32.6. The fourth-order valence-electron chi connectivity index (χ4n) is 15.0. The van der Waals surface area contributed by atoms with Crippen LogP contribution in [-0.4, -0.2) is 106 Å². The predicted octanol–water partition coefficient (Wildman–Crippen LogP) is 14.8. The van der Waals surface area contributed by atoms with Crippen LogP contribution in [0.15, 0.2) is 58.3 Å². The van der Waals surface area contributed by atoms with Gasteiger partial charge in [0.15, 0.2) is 0 Å². The number of phenolic OH excluding ortho intramolecular Hbond substituents is 2. The van der Waals surface area contributed by atoms with Gasteiger partial charge in [0.1, 0.15) is 11.5 Å². The summed E-state index contributed by atoms with van der Waals surface area (Å²) in [5.74, 6) is -4.93. The Morgan fingerprint density at radius 3 is 0.604 bits per heavy atom. The molecular formula is C68H86N8O10S10. The number of fused-ring (bicyclic) bond motifs is 21. The Balaban J connectivity index is 1.04. The molecule has 6 aliphatic rings. The largest absolute Gasteiger partial charge is 0.506 e. The molecule has 10 rings (SSSR count). The van der Waals surface area contributed by atoms with Gasteiger partial charge < -0.3 is 52.7 Å². The molecule has 18 nitrogen and oxygen atoms in total. The molecule has 28 heteroatoms. The lowest BCUT2D eigenvalue weighted by Gasteiger charge is -2.40. The van der Waals surface area contributed by atoms with Crippen LogP contribution in [0.1, 0.15) is 212 Å². The molecule has 8 amide bonds. The Hall–Kier alpha value is -4.26. The number of amides is 8. The number of carbonyl (C=O) groups excluding carboxylic acids is 8. The van der Waals surface area contributed by atoms with E-state index in [-0.39, 0.29) is 93.2 Å². The molecule has 10 N–H and O–H groups in total. The molecule has 4 aliphatic carbocycles. The van der Waals surface area contributed by atoms with Gasteiger partial charge in [0.2, 0.25) is 0 Å². The number of hydrogen-bond acceptors (Lipinski definition) is 20. The molecule has 4 aromatic rings. The quantitative estimate of drug-likeness (QED) is 0.0733. The number of rotatable bonds is 0. The average molecular weight is 1500 g/mol. The Bertz CT molecular complexity index is 3240. The van der Waals surface area contributed by atoms with E-state index in [1.165, 1.54) is 100 Å². The first kappa shape index (κ1) is 74.4.